The number of benzene rings is 2. The van der Waals surface area contributed by atoms with Crippen LogP contribution in [0.2, 0.25) is 0 Å². The van der Waals surface area contributed by atoms with Crippen molar-refractivity contribution in [3.05, 3.63) is 59.1 Å². The number of aryl methyl sites for hydroxylation is 2. The number of ether oxygens (including phenoxy) is 1. The van der Waals surface area contributed by atoms with Crippen LogP contribution < -0.4 is 20.7 Å². The molecule has 0 aliphatic heterocycles. The molecule has 0 aliphatic carbocycles. The molecule has 2 aromatic heterocycles. The number of thiazole rings is 2. The largest absolute Gasteiger partial charge is 0.497 e. The highest BCUT2D eigenvalue weighted by Gasteiger charge is 2.11. The molecule has 2 aromatic carbocycles. The van der Waals surface area contributed by atoms with Crippen molar-refractivity contribution >= 4 is 60.8 Å². The third-order valence-electron chi connectivity index (χ3n) is 4.52. The number of fused-ring (bicyclic) bond motifs is 1. The number of carbonyl (C=O) groups is 2. The van der Waals surface area contributed by atoms with Gasteiger partial charge in [-0.15, -0.1) is 11.3 Å². The first-order valence-corrected chi connectivity index (χ1v) is 11.5. The van der Waals surface area contributed by atoms with Crippen molar-refractivity contribution in [3.63, 3.8) is 0 Å². The van der Waals surface area contributed by atoms with E-state index in [0.717, 1.165) is 21.5 Å². The van der Waals surface area contributed by atoms with E-state index >= 15 is 0 Å². The fourth-order valence-electron chi connectivity index (χ4n) is 2.92. The SMILES string of the molecule is COc1ccc(NC(=O)Nc2nc(CCC(=O)Nc3nc4ccc(C)cc4s3)cs2)cc1. The smallest absolute Gasteiger partial charge is 0.325 e. The van der Waals surface area contributed by atoms with Crippen LogP contribution in [0.25, 0.3) is 10.2 Å². The van der Waals surface area contributed by atoms with Crippen LogP contribution in [0.15, 0.2) is 47.8 Å². The van der Waals surface area contributed by atoms with Gasteiger partial charge in [-0.2, -0.15) is 0 Å². The van der Waals surface area contributed by atoms with Gasteiger partial charge in [-0.25, -0.2) is 14.8 Å². The number of nitrogens with zero attached hydrogens (tertiary/aromatic N) is 2. The first kappa shape index (κ1) is 21.7. The summed E-state index contributed by atoms with van der Waals surface area (Å²) >= 11 is 2.77. The normalized spacial score (nSPS) is 10.7. The Morgan fingerprint density at radius 3 is 2.59 bits per heavy atom. The fraction of sp³-hybridized carbons (Fsp3) is 0.182. The molecule has 8 nitrogen and oxygen atoms in total. The molecule has 0 atom stereocenters. The lowest BCUT2D eigenvalue weighted by atomic mass is 10.2. The van der Waals surface area contributed by atoms with E-state index in [1.807, 2.05) is 24.4 Å². The van der Waals surface area contributed by atoms with Crippen molar-refractivity contribution in [1.29, 1.82) is 0 Å². The van der Waals surface area contributed by atoms with E-state index in [4.69, 9.17) is 4.74 Å². The van der Waals surface area contributed by atoms with Gasteiger partial charge in [0.05, 0.1) is 23.0 Å². The van der Waals surface area contributed by atoms with Gasteiger partial charge >= 0.3 is 6.03 Å². The van der Waals surface area contributed by atoms with Crippen LogP contribution in [0.3, 0.4) is 0 Å². The number of rotatable bonds is 7. The third-order valence-corrected chi connectivity index (χ3v) is 6.26. The highest BCUT2D eigenvalue weighted by molar-refractivity contribution is 7.22. The summed E-state index contributed by atoms with van der Waals surface area (Å²) in [4.78, 5) is 33.3. The molecule has 3 amide bonds. The summed E-state index contributed by atoms with van der Waals surface area (Å²) in [6.07, 6.45) is 0.740. The van der Waals surface area contributed by atoms with Gasteiger partial charge in [-0.1, -0.05) is 17.4 Å². The number of nitrogens with one attached hydrogen (secondary N) is 3. The highest BCUT2D eigenvalue weighted by atomic mass is 32.1. The molecule has 0 fully saturated rings. The molecule has 10 heteroatoms. The van der Waals surface area contributed by atoms with Gasteiger partial charge < -0.3 is 15.4 Å². The first-order valence-electron chi connectivity index (χ1n) is 9.82. The number of hydrogen-bond acceptors (Lipinski definition) is 7. The predicted octanol–water partition coefficient (Wildman–Crippen LogP) is 5.29. The van der Waals surface area contributed by atoms with E-state index in [9.17, 15) is 9.59 Å². The summed E-state index contributed by atoms with van der Waals surface area (Å²) in [5.74, 6) is 0.586. The Balaban J connectivity index is 1.25. The summed E-state index contributed by atoms with van der Waals surface area (Å²) in [5.41, 5.74) is 3.41. The Hall–Kier alpha value is -3.50. The molecule has 0 saturated heterocycles. The number of hydrogen-bond donors (Lipinski definition) is 3. The summed E-state index contributed by atoms with van der Waals surface area (Å²) in [7, 11) is 1.58. The number of urea groups is 1. The Kier molecular flexibility index (Phi) is 6.62. The van der Waals surface area contributed by atoms with Crippen LogP contribution in [0, 0.1) is 6.92 Å². The second kappa shape index (κ2) is 9.75. The van der Waals surface area contributed by atoms with E-state index in [1.165, 1.54) is 22.7 Å². The Bertz CT molecular complexity index is 1250. The third kappa shape index (κ3) is 5.59. The van der Waals surface area contributed by atoms with Crippen molar-refractivity contribution in [2.45, 2.75) is 19.8 Å². The van der Waals surface area contributed by atoms with Crippen LogP contribution in [0.5, 0.6) is 5.75 Å². The second-order valence-corrected chi connectivity index (χ2v) is 8.88. The van der Waals surface area contributed by atoms with Crippen LogP contribution >= 0.6 is 22.7 Å². The lowest BCUT2D eigenvalue weighted by Gasteiger charge is -2.06. The molecular weight excluding hydrogens is 446 g/mol. The lowest BCUT2D eigenvalue weighted by Crippen LogP contribution is -2.19. The molecule has 164 valence electrons. The van der Waals surface area contributed by atoms with Gasteiger partial charge in [0, 0.05) is 17.5 Å². The zero-order valence-corrected chi connectivity index (χ0v) is 19.1. The molecule has 32 heavy (non-hydrogen) atoms. The molecule has 0 unspecified atom stereocenters. The second-order valence-electron chi connectivity index (χ2n) is 6.99. The Morgan fingerprint density at radius 1 is 1.00 bits per heavy atom. The molecule has 0 spiro atoms. The number of anilines is 3. The van der Waals surface area contributed by atoms with Crippen LogP contribution in [-0.2, 0) is 11.2 Å². The maximum Gasteiger partial charge on any atom is 0.325 e. The Morgan fingerprint density at radius 2 is 1.81 bits per heavy atom. The van der Waals surface area contributed by atoms with E-state index in [-0.39, 0.29) is 18.4 Å². The monoisotopic (exact) mass is 467 g/mol. The van der Waals surface area contributed by atoms with Crippen molar-refractivity contribution < 1.29 is 14.3 Å². The molecule has 0 bridgehead atoms. The number of amides is 3. The minimum absolute atomic E-state index is 0.125. The highest BCUT2D eigenvalue weighted by Crippen LogP contribution is 2.27. The average Bonchev–Trinajstić information content (AvgIpc) is 3.38. The van der Waals surface area contributed by atoms with Crippen molar-refractivity contribution in [1.82, 2.24) is 9.97 Å². The van der Waals surface area contributed by atoms with Crippen LogP contribution in [-0.4, -0.2) is 29.0 Å². The number of carbonyl (C=O) groups excluding carboxylic acids is 2. The van der Waals surface area contributed by atoms with E-state index in [1.54, 1.807) is 31.4 Å². The van der Waals surface area contributed by atoms with Gasteiger partial charge in [0.25, 0.3) is 0 Å². The molecule has 0 aliphatic rings. The standard InChI is InChI=1S/C22H21N5O3S2/c1-13-3-9-17-18(11-13)32-22(25-17)26-19(28)10-6-15-12-31-21(24-15)27-20(29)23-14-4-7-16(30-2)8-5-14/h3-5,7-9,11-12H,6,10H2,1-2H3,(H,25,26,28)(H2,23,24,27,29). The summed E-state index contributed by atoms with van der Waals surface area (Å²) in [6.45, 7) is 2.02. The summed E-state index contributed by atoms with van der Waals surface area (Å²) in [5, 5.41) is 11.2. The fourth-order valence-corrected chi connectivity index (χ4v) is 4.64. The predicted molar refractivity (Wildman–Crippen MR) is 129 cm³/mol. The van der Waals surface area contributed by atoms with Crippen molar-refractivity contribution in [3.8, 4) is 5.75 Å². The van der Waals surface area contributed by atoms with Crippen LogP contribution in [0.4, 0.5) is 20.7 Å². The van der Waals surface area contributed by atoms with Gasteiger partial charge in [-0.05, 0) is 55.3 Å². The van der Waals surface area contributed by atoms with Gasteiger partial charge in [0.2, 0.25) is 5.91 Å². The summed E-state index contributed by atoms with van der Waals surface area (Å²) in [6, 6.07) is 12.6. The van der Waals surface area contributed by atoms with Crippen molar-refractivity contribution in [2.75, 3.05) is 23.1 Å². The molecule has 4 aromatic rings. The molecule has 4 rings (SSSR count). The molecule has 0 radical (unpaired) electrons. The minimum Gasteiger partial charge on any atom is -0.497 e. The number of aromatic nitrogens is 2. The molecule has 2 heterocycles. The van der Waals surface area contributed by atoms with Gasteiger partial charge in [0.1, 0.15) is 5.75 Å². The van der Waals surface area contributed by atoms with Crippen molar-refractivity contribution in [2.24, 2.45) is 0 Å². The summed E-state index contributed by atoms with van der Waals surface area (Å²) < 4.78 is 6.14. The average molecular weight is 468 g/mol. The first-order chi connectivity index (χ1) is 15.5. The zero-order chi connectivity index (χ0) is 22.5. The van der Waals surface area contributed by atoms with E-state index in [2.05, 4.69) is 32.0 Å². The molecule has 3 N–H and O–H groups in total. The minimum atomic E-state index is -0.389. The van der Waals surface area contributed by atoms with Crippen LogP contribution in [0.1, 0.15) is 17.7 Å². The number of methoxy groups -OCH3 is 1. The lowest BCUT2D eigenvalue weighted by molar-refractivity contribution is -0.116. The molecular formula is C22H21N5O3S2. The van der Waals surface area contributed by atoms with Gasteiger partial charge in [-0.3, -0.25) is 10.1 Å². The topological polar surface area (TPSA) is 105 Å². The maximum absolute atomic E-state index is 12.3. The zero-order valence-electron chi connectivity index (χ0n) is 17.5. The quantitative estimate of drug-likeness (QED) is 0.343. The maximum atomic E-state index is 12.3. The van der Waals surface area contributed by atoms with E-state index < -0.39 is 0 Å². The van der Waals surface area contributed by atoms with Gasteiger partial charge in [0.15, 0.2) is 10.3 Å². The Labute approximate surface area is 192 Å². The molecule has 0 saturated carbocycles. The van der Waals surface area contributed by atoms with E-state index in [0.29, 0.717) is 28.1 Å².